The summed E-state index contributed by atoms with van der Waals surface area (Å²) in [6.07, 6.45) is 0.919. The highest BCUT2D eigenvalue weighted by molar-refractivity contribution is 7.22. The number of anilines is 1. The van der Waals surface area contributed by atoms with Crippen LogP contribution in [0.25, 0.3) is 20.8 Å². The van der Waals surface area contributed by atoms with Crippen LogP contribution in [0.1, 0.15) is 22.9 Å². The second kappa shape index (κ2) is 11.6. The zero-order valence-electron chi connectivity index (χ0n) is 21.7. The Morgan fingerprint density at radius 3 is 2.46 bits per heavy atom. The number of carbonyl (C=O) groups excluding carboxylic acids is 1. The summed E-state index contributed by atoms with van der Waals surface area (Å²) in [5.74, 6) is 1.22. The molecule has 8 heteroatoms. The summed E-state index contributed by atoms with van der Waals surface area (Å²) in [6.45, 7) is 5.20. The van der Waals surface area contributed by atoms with Gasteiger partial charge in [0.25, 0.3) is 5.91 Å². The number of ether oxygens (including phenoxy) is 2. The van der Waals surface area contributed by atoms with E-state index in [2.05, 4.69) is 46.6 Å². The van der Waals surface area contributed by atoms with Crippen molar-refractivity contribution in [1.82, 2.24) is 9.88 Å². The summed E-state index contributed by atoms with van der Waals surface area (Å²) in [5, 5.41) is 4.95. The first-order valence-corrected chi connectivity index (χ1v) is 14.7. The van der Waals surface area contributed by atoms with E-state index in [0.29, 0.717) is 12.4 Å². The van der Waals surface area contributed by atoms with Crippen molar-refractivity contribution >= 4 is 43.8 Å². The van der Waals surface area contributed by atoms with Crippen molar-refractivity contribution in [3.8, 4) is 22.1 Å². The summed E-state index contributed by atoms with van der Waals surface area (Å²) in [7, 11) is 0. The molecule has 3 aromatic carbocycles. The van der Waals surface area contributed by atoms with Crippen molar-refractivity contribution in [3.05, 3.63) is 94.9 Å². The Labute approximate surface area is 235 Å². The summed E-state index contributed by atoms with van der Waals surface area (Å²) in [6, 6.07) is 26.1. The van der Waals surface area contributed by atoms with Gasteiger partial charge in [0, 0.05) is 30.1 Å². The van der Waals surface area contributed by atoms with E-state index in [-0.39, 0.29) is 12.5 Å². The summed E-state index contributed by atoms with van der Waals surface area (Å²) < 4.78 is 12.4. The van der Waals surface area contributed by atoms with E-state index in [4.69, 9.17) is 14.5 Å². The largest absolute Gasteiger partial charge is 0.494 e. The monoisotopic (exact) mass is 555 g/mol. The highest BCUT2D eigenvalue weighted by Crippen LogP contribution is 2.45. The fraction of sp³-hybridized carbons (Fsp3) is 0.226. The second-order valence-corrected chi connectivity index (χ2v) is 11.5. The predicted octanol–water partition coefficient (Wildman–Crippen LogP) is 7.00. The zero-order valence-corrected chi connectivity index (χ0v) is 23.3. The minimum atomic E-state index is -0.189. The van der Waals surface area contributed by atoms with Gasteiger partial charge >= 0.3 is 0 Å². The molecule has 3 heterocycles. The molecule has 0 aliphatic carbocycles. The first-order chi connectivity index (χ1) is 19.2. The smallest absolute Gasteiger partial charge is 0.262 e. The Kier molecular flexibility index (Phi) is 7.58. The van der Waals surface area contributed by atoms with Crippen LogP contribution >= 0.6 is 22.7 Å². The number of hydrogen-bond donors (Lipinski definition) is 1. The Morgan fingerprint density at radius 2 is 1.69 bits per heavy atom. The van der Waals surface area contributed by atoms with E-state index in [9.17, 15) is 4.79 Å². The van der Waals surface area contributed by atoms with E-state index in [1.807, 2.05) is 49.4 Å². The number of nitrogens with zero attached hydrogens (tertiary/aromatic N) is 2. The molecule has 0 spiro atoms. The number of aromatic nitrogens is 1. The summed E-state index contributed by atoms with van der Waals surface area (Å²) >= 11 is 3.33. The van der Waals surface area contributed by atoms with Crippen LogP contribution in [0.3, 0.4) is 0 Å². The molecule has 0 saturated heterocycles. The van der Waals surface area contributed by atoms with Crippen LogP contribution in [-0.2, 0) is 24.3 Å². The molecule has 0 atom stereocenters. The van der Waals surface area contributed by atoms with Gasteiger partial charge < -0.3 is 14.8 Å². The van der Waals surface area contributed by atoms with Crippen molar-refractivity contribution in [2.24, 2.45) is 0 Å². The van der Waals surface area contributed by atoms with Gasteiger partial charge in [0.05, 0.1) is 16.8 Å². The van der Waals surface area contributed by atoms with Gasteiger partial charge in [0.1, 0.15) is 21.5 Å². The van der Waals surface area contributed by atoms with Crippen molar-refractivity contribution in [2.45, 2.75) is 26.4 Å². The lowest BCUT2D eigenvalue weighted by atomic mass is 10.0. The van der Waals surface area contributed by atoms with E-state index >= 15 is 0 Å². The molecule has 1 aliphatic rings. The highest BCUT2D eigenvalue weighted by atomic mass is 32.1. The van der Waals surface area contributed by atoms with Gasteiger partial charge in [0.2, 0.25) is 0 Å². The van der Waals surface area contributed by atoms with Gasteiger partial charge in [-0.2, -0.15) is 0 Å². The number of para-hydroxylation sites is 1. The number of benzene rings is 3. The topological polar surface area (TPSA) is 63.7 Å². The summed E-state index contributed by atoms with van der Waals surface area (Å²) in [4.78, 5) is 21.8. The fourth-order valence-corrected chi connectivity index (χ4v) is 7.25. The molecule has 1 amide bonds. The summed E-state index contributed by atoms with van der Waals surface area (Å²) in [5.41, 5.74) is 4.65. The Balaban J connectivity index is 1.24. The van der Waals surface area contributed by atoms with Gasteiger partial charge in [-0.15, -0.1) is 22.7 Å². The molecule has 0 unspecified atom stereocenters. The minimum absolute atomic E-state index is 0.0734. The quantitative estimate of drug-likeness (QED) is 0.212. The molecule has 39 heavy (non-hydrogen) atoms. The molecule has 0 bridgehead atoms. The number of amides is 1. The van der Waals surface area contributed by atoms with Crippen LogP contribution in [0.5, 0.6) is 11.5 Å². The van der Waals surface area contributed by atoms with E-state index < -0.39 is 0 Å². The predicted molar refractivity (Wildman–Crippen MR) is 159 cm³/mol. The van der Waals surface area contributed by atoms with Crippen molar-refractivity contribution < 1.29 is 14.3 Å². The van der Waals surface area contributed by atoms with Gasteiger partial charge in [-0.05, 0) is 60.9 Å². The second-order valence-electron chi connectivity index (χ2n) is 9.38. The lowest BCUT2D eigenvalue weighted by Crippen LogP contribution is -2.29. The first-order valence-electron chi connectivity index (χ1n) is 13.1. The molecule has 0 fully saturated rings. The molecule has 198 valence electrons. The number of carbonyl (C=O) groups is 1. The van der Waals surface area contributed by atoms with Crippen LogP contribution < -0.4 is 14.8 Å². The molecule has 0 radical (unpaired) electrons. The molecule has 2 aromatic heterocycles. The third-order valence-corrected chi connectivity index (χ3v) is 8.84. The molecule has 0 saturated carbocycles. The lowest BCUT2D eigenvalue weighted by molar-refractivity contribution is -0.118. The Hall–Kier alpha value is -3.72. The third-order valence-electron chi connectivity index (χ3n) is 6.65. The van der Waals surface area contributed by atoms with E-state index in [1.165, 1.54) is 16.0 Å². The SMILES string of the molecule is CCOc1ccc(OCC(=O)Nc2sc3c(c2-c2nc4ccccc4s2)CCN(Cc2ccccc2)C3)cc1. The molecular weight excluding hydrogens is 526 g/mol. The number of hydrogen-bond acceptors (Lipinski definition) is 7. The van der Waals surface area contributed by atoms with Gasteiger partial charge in [-0.25, -0.2) is 4.98 Å². The normalized spacial score (nSPS) is 13.3. The maximum Gasteiger partial charge on any atom is 0.262 e. The molecule has 5 aromatic rings. The number of rotatable bonds is 9. The van der Waals surface area contributed by atoms with Gasteiger partial charge in [-0.1, -0.05) is 42.5 Å². The average molecular weight is 556 g/mol. The van der Waals surface area contributed by atoms with Crippen LogP contribution in [0, 0.1) is 0 Å². The van der Waals surface area contributed by atoms with Crippen LogP contribution in [0.4, 0.5) is 5.00 Å². The van der Waals surface area contributed by atoms with Crippen molar-refractivity contribution in [2.75, 3.05) is 25.1 Å². The standard InChI is InChI=1S/C31H29N3O3S2/c1-2-36-22-12-14-23(15-13-22)37-20-28(35)33-31-29(30-32-25-10-6-7-11-26(25)38-30)24-16-17-34(19-27(24)39-31)18-21-8-4-3-5-9-21/h3-15H,2,16-20H2,1H3,(H,33,35). The van der Waals surface area contributed by atoms with Gasteiger partial charge in [0.15, 0.2) is 6.61 Å². The Bertz CT molecular complexity index is 1550. The van der Waals surface area contributed by atoms with Gasteiger partial charge in [-0.3, -0.25) is 9.69 Å². The van der Waals surface area contributed by atoms with Crippen LogP contribution in [0.15, 0.2) is 78.9 Å². The molecule has 6 rings (SSSR count). The van der Waals surface area contributed by atoms with E-state index in [0.717, 1.165) is 57.6 Å². The zero-order chi connectivity index (χ0) is 26.6. The van der Waals surface area contributed by atoms with Crippen LogP contribution in [0.2, 0.25) is 0 Å². The maximum atomic E-state index is 13.0. The lowest BCUT2D eigenvalue weighted by Gasteiger charge is -2.27. The molecular formula is C31H29N3O3S2. The number of thiophene rings is 1. The Morgan fingerprint density at radius 1 is 0.949 bits per heavy atom. The van der Waals surface area contributed by atoms with Crippen molar-refractivity contribution in [1.29, 1.82) is 0 Å². The number of fused-ring (bicyclic) bond motifs is 2. The third kappa shape index (κ3) is 5.83. The number of thiazole rings is 1. The first kappa shape index (κ1) is 25.6. The molecule has 6 nitrogen and oxygen atoms in total. The highest BCUT2D eigenvalue weighted by Gasteiger charge is 2.28. The van der Waals surface area contributed by atoms with Crippen molar-refractivity contribution in [3.63, 3.8) is 0 Å². The minimum Gasteiger partial charge on any atom is -0.494 e. The fourth-order valence-electron chi connectivity index (χ4n) is 4.84. The average Bonchev–Trinajstić information content (AvgIpc) is 3.54. The van der Waals surface area contributed by atoms with Crippen LogP contribution in [-0.4, -0.2) is 35.5 Å². The molecule has 1 N–H and O–H groups in total. The molecule has 1 aliphatic heterocycles. The van der Waals surface area contributed by atoms with E-state index in [1.54, 1.807) is 22.7 Å². The number of nitrogens with one attached hydrogen (secondary N) is 1. The maximum absolute atomic E-state index is 13.0.